The van der Waals surface area contributed by atoms with Crippen molar-refractivity contribution in [2.45, 2.75) is 57.9 Å². The van der Waals surface area contributed by atoms with E-state index in [0.717, 1.165) is 29.7 Å². The van der Waals surface area contributed by atoms with Crippen molar-refractivity contribution in [3.8, 4) is 0 Å². The van der Waals surface area contributed by atoms with Gasteiger partial charge in [-0.3, -0.25) is 19.3 Å². The Morgan fingerprint density at radius 1 is 1.17 bits per heavy atom. The molecule has 0 bridgehead atoms. The largest absolute Gasteiger partial charge is 0.332 e. The molecule has 5 amide bonds. The van der Waals surface area contributed by atoms with E-state index in [1.165, 1.54) is 4.90 Å². The molecule has 2 N–H and O–H groups in total. The van der Waals surface area contributed by atoms with Crippen molar-refractivity contribution in [2.75, 3.05) is 25.0 Å². The van der Waals surface area contributed by atoms with Gasteiger partial charge >= 0.3 is 6.03 Å². The second-order valence-electron chi connectivity index (χ2n) is 8.14. The third kappa shape index (κ3) is 4.63. The predicted molar refractivity (Wildman–Crippen MR) is 113 cm³/mol. The number of anilines is 1. The van der Waals surface area contributed by atoms with E-state index >= 15 is 0 Å². The summed E-state index contributed by atoms with van der Waals surface area (Å²) in [7, 11) is 0. The van der Waals surface area contributed by atoms with Gasteiger partial charge in [0.2, 0.25) is 11.8 Å². The molecule has 162 valence electrons. The Balaban J connectivity index is 1.63. The highest BCUT2D eigenvalue weighted by atomic mass is 16.2. The van der Waals surface area contributed by atoms with E-state index in [4.69, 9.17) is 0 Å². The molecular weight excluding hydrogens is 384 g/mol. The maximum atomic E-state index is 12.9. The standard InChI is InChI=1S/C22H30N4O4/c1-3-13-25(14-18(27)23-17-10-6-5-9-16(17)2)19(28)15-26-20(29)22(24-21(26)30)11-7-4-8-12-22/h5-6,9-10H,3-4,7-8,11-15H2,1-2H3,(H,23,27)(H,24,30). The summed E-state index contributed by atoms with van der Waals surface area (Å²) in [5.41, 5.74) is 0.768. The molecule has 1 saturated heterocycles. The average molecular weight is 415 g/mol. The molecule has 0 unspecified atom stereocenters. The van der Waals surface area contributed by atoms with Crippen molar-refractivity contribution in [3.05, 3.63) is 29.8 Å². The number of amides is 5. The lowest BCUT2D eigenvalue weighted by Crippen LogP contribution is -2.49. The first-order chi connectivity index (χ1) is 14.4. The van der Waals surface area contributed by atoms with Crippen LogP contribution < -0.4 is 10.6 Å². The number of urea groups is 1. The minimum absolute atomic E-state index is 0.129. The molecule has 2 fully saturated rings. The van der Waals surface area contributed by atoms with Gasteiger partial charge in [0.05, 0.1) is 6.54 Å². The number of hydrogen-bond acceptors (Lipinski definition) is 4. The van der Waals surface area contributed by atoms with Gasteiger partial charge in [0.15, 0.2) is 0 Å². The molecule has 8 heteroatoms. The molecule has 0 atom stereocenters. The lowest BCUT2D eigenvalue weighted by Gasteiger charge is -2.30. The topological polar surface area (TPSA) is 98.8 Å². The zero-order chi connectivity index (χ0) is 21.7. The molecule has 0 radical (unpaired) electrons. The summed E-state index contributed by atoms with van der Waals surface area (Å²) in [5.74, 6) is -1.04. The Morgan fingerprint density at radius 2 is 1.87 bits per heavy atom. The third-order valence-electron chi connectivity index (χ3n) is 5.85. The summed E-state index contributed by atoms with van der Waals surface area (Å²) in [6.07, 6.45) is 4.70. The number of carbonyl (C=O) groups excluding carboxylic acids is 4. The average Bonchev–Trinajstić information content (AvgIpc) is 2.94. The van der Waals surface area contributed by atoms with Gasteiger partial charge in [-0.2, -0.15) is 0 Å². The number of nitrogens with one attached hydrogen (secondary N) is 2. The minimum atomic E-state index is -0.854. The molecule has 1 aliphatic heterocycles. The second kappa shape index (κ2) is 9.28. The number of hydrogen-bond donors (Lipinski definition) is 2. The molecule has 1 aliphatic carbocycles. The Morgan fingerprint density at radius 3 is 2.53 bits per heavy atom. The molecule has 3 rings (SSSR count). The van der Waals surface area contributed by atoms with E-state index in [0.29, 0.717) is 31.5 Å². The molecule has 0 aromatic heterocycles. The first kappa shape index (κ1) is 21.8. The van der Waals surface area contributed by atoms with Crippen molar-refractivity contribution in [2.24, 2.45) is 0 Å². The Kier molecular flexibility index (Phi) is 6.74. The van der Waals surface area contributed by atoms with Crippen LogP contribution in [0.5, 0.6) is 0 Å². The van der Waals surface area contributed by atoms with E-state index < -0.39 is 17.5 Å². The summed E-state index contributed by atoms with van der Waals surface area (Å²) in [6.45, 7) is 3.70. The maximum absolute atomic E-state index is 12.9. The lowest BCUT2D eigenvalue weighted by atomic mass is 9.82. The summed E-state index contributed by atoms with van der Waals surface area (Å²) < 4.78 is 0. The molecule has 30 heavy (non-hydrogen) atoms. The van der Waals surface area contributed by atoms with Crippen molar-refractivity contribution < 1.29 is 19.2 Å². The fourth-order valence-corrected chi connectivity index (χ4v) is 4.19. The monoisotopic (exact) mass is 414 g/mol. The lowest BCUT2D eigenvalue weighted by molar-refractivity contribution is -0.140. The zero-order valence-corrected chi connectivity index (χ0v) is 17.7. The van der Waals surface area contributed by atoms with Crippen LogP contribution in [0.4, 0.5) is 10.5 Å². The number of imide groups is 1. The van der Waals surface area contributed by atoms with Crippen LogP contribution in [0.3, 0.4) is 0 Å². The van der Waals surface area contributed by atoms with Crippen molar-refractivity contribution >= 4 is 29.4 Å². The van der Waals surface area contributed by atoms with E-state index in [9.17, 15) is 19.2 Å². The summed E-state index contributed by atoms with van der Waals surface area (Å²) >= 11 is 0. The van der Waals surface area contributed by atoms with E-state index in [1.54, 1.807) is 6.07 Å². The van der Waals surface area contributed by atoms with Crippen LogP contribution in [-0.2, 0) is 14.4 Å². The number of aryl methyl sites for hydroxylation is 1. The molecule has 1 heterocycles. The van der Waals surface area contributed by atoms with Crippen molar-refractivity contribution in [3.63, 3.8) is 0 Å². The molecule has 1 spiro atoms. The first-order valence-corrected chi connectivity index (χ1v) is 10.6. The highest BCUT2D eigenvalue weighted by Gasteiger charge is 2.51. The van der Waals surface area contributed by atoms with E-state index in [2.05, 4.69) is 10.6 Å². The fraction of sp³-hybridized carbons (Fsp3) is 0.545. The van der Waals surface area contributed by atoms with E-state index in [1.807, 2.05) is 32.0 Å². The SMILES string of the molecule is CCCN(CC(=O)Nc1ccccc1C)C(=O)CN1C(=O)NC2(CCCCC2)C1=O. The van der Waals surface area contributed by atoms with Crippen molar-refractivity contribution in [1.29, 1.82) is 0 Å². The number of nitrogens with zero attached hydrogens (tertiary/aromatic N) is 2. The second-order valence-corrected chi connectivity index (χ2v) is 8.14. The smallest absolute Gasteiger partial charge is 0.325 e. The Hall–Kier alpha value is -2.90. The van der Waals surface area contributed by atoms with Crippen molar-refractivity contribution in [1.82, 2.24) is 15.1 Å². The van der Waals surface area contributed by atoms with Gasteiger partial charge in [-0.25, -0.2) is 4.79 Å². The van der Waals surface area contributed by atoms with Gasteiger partial charge in [0.25, 0.3) is 5.91 Å². The molecule has 1 aromatic carbocycles. The Bertz CT molecular complexity index is 832. The van der Waals surface area contributed by atoms with Crippen LogP contribution in [0.1, 0.15) is 51.0 Å². The third-order valence-corrected chi connectivity index (χ3v) is 5.85. The summed E-state index contributed by atoms with van der Waals surface area (Å²) in [5, 5.41) is 5.63. The predicted octanol–water partition coefficient (Wildman–Crippen LogP) is 2.43. The number of carbonyl (C=O) groups is 4. The number of benzene rings is 1. The zero-order valence-electron chi connectivity index (χ0n) is 17.7. The van der Waals surface area contributed by atoms with Gasteiger partial charge in [-0.05, 0) is 37.8 Å². The van der Waals surface area contributed by atoms with Gasteiger partial charge in [-0.15, -0.1) is 0 Å². The quantitative estimate of drug-likeness (QED) is 0.670. The molecule has 1 saturated carbocycles. The minimum Gasteiger partial charge on any atom is -0.332 e. The van der Waals surface area contributed by atoms with Gasteiger partial charge in [0, 0.05) is 12.2 Å². The van der Waals surface area contributed by atoms with Crippen LogP contribution in [0.25, 0.3) is 0 Å². The molecule has 8 nitrogen and oxygen atoms in total. The van der Waals surface area contributed by atoms with Crippen LogP contribution >= 0.6 is 0 Å². The highest BCUT2D eigenvalue weighted by molar-refractivity contribution is 6.09. The first-order valence-electron chi connectivity index (χ1n) is 10.6. The van der Waals surface area contributed by atoms with Crippen LogP contribution in [0, 0.1) is 6.92 Å². The number of para-hydroxylation sites is 1. The highest BCUT2D eigenvalue weighted by Crippen LogP contribution is 2.33. The number of rotatable bonds is 7. The summed E-state index contributed by atoms with van der Waals surface area (Å²) in [6, 6.07) is 6.89. The molecule has 1 aromatic rings. The summed E-state index contributed by atoms with van der Waals surface area (Å²) in [4.78, 5) is 53.1. The van der Waals surface area contributed by atoms with Crippen LogP contribution in [0.15, 0.2) is 24.3 Å². The Labute approximate surface area is 177 Å². The molecular formula is C22H30N4O4. The van der Waals surface area contributed by atoms with E-state index in [-0.39, 0.29) is 24.9 Å². The molecule has 2 aliphatic rings. The van der Waals surface area contributed by atoms with Gasteiger partial charge < -0.3 is 15.5 Å². The fourth-order valence-electron chi connectivity index (χ4n) is 4.19. The van der Waals surface area contributed by atoms with Crippen LogP contribution in [0.2, 0.25) is 0 Å². The van der Waals surface area contributed by atoms with Crippen LogP contribution in [-0.4, -0.2) is 58.7 Å². The normalized spacial score (nSPS) is 17.7. The van der Waals surface area contributed by atoms with Gasteiger partial charge in [-0.1, -0.05) is 44.4 Å². The maximum Gasteiger partial charge on any atom is 0.325 e. The van der Waals surface area contributed by atoms with Gasteiger partial charge in [0.1, 0.15) is 12.1 Å².